The lowest BCUT2D eigenvalue weighted by Crippen LogP contribution is -2.38. The lowest BCUT2D eigenvalue weighted by Gasteiger charge is -2.21. The number of aromatic carboxylic acids is 1. The van der Waals surface area contributed by atoms with Crippen LogP contribution in [0.25, 0.3) is 0 Å². The van der Waals surface area contributed by atoms with Crippen LogP contribution in [0.4, 0.5) is 4.39 Å². The van der Waals surface area contributed by atoms with Crippen LogP contribution in [-0.4, -0.2) is 28.3 Å². The number of rotatable bonds is 4. The monoisotopic (exact) mass is 281 g/mol. The van der Waals surface area contributed by atoms with Crippen LogP contribution < -0.4 is 5.32 Å². The van der Waals surface area contributed by atoms with E-state index in [-0.39, 0.29) is 17.7 Å². The normalized spacial score (nSPS) is 23.3. The summed E-state index contributed by atoms with van der Waals surface area (Å²) in [5.41, 5.74) is 0.368. The van der Waals surface area contributed by atoms with Gasteiger partial charge in [-0.1, -0.05) is 25.3 Å². The van der Waals surface area contributed by atoms with E-state index < -0.39 is 11.8 Å². The Morgan fingerprint density at radius 2 is 2.05 bits per heavy atom. The molecular weight excluding hydrogens is 261 g/mol. The summed E-state index contributed by atoms with van der Waals surface area (Å²) >= 11 is 0. The van der Waals surface area contributed by atoms with Gasteiger partial charge in [0.1, 0.15) is 5.82 Å². The maximum absolute atomic E-state index is 13.6. The molecule has 1 aliphatic carbocycles. The Balaban J connectivity index is 1.96. The Kier molecular flexibility index (Phi) is 5.09. The number of halogens is 1. The van der Waals surface area contributed by atoms with E-state index >= 15 is 0 Å². The average Bonchev–Trinajstić information content (AvgIpc) is 2.61. The number of hydrogen-bond acceptors (Lipinski definition) is 3. The predicted molar refractivity (Wildman–Crippen MR) is 73.1 cm³/mol. The van der Waals surface area contributed by atoms with Crippen molar-refractivity contribution >= 4 is 5.97 Å². The molecule has 0 radical (unpaired) electrons. The first-order valence-corrected chi connectivity index (χ1v) is 7.01. The molecule has 20 heavy (non-hydrogen) atoms. The fourth-order valence-corrected chi connectivity index (χ4v) is 2.62. The van der Waals surface area contributed by atoms with Crippen molar-refractivity contribution in [3.05, 3.63) is 35.1 Å². The molecule has 5 heteroatoms. The summed E-state index contributed by atoms with van der Waals surface area (Å²) in [5.74, 6) is -1.99. The standard InChI is InChI=1S/C15H20FNO3/c16-12-8-10(6-7-11(12)15(19)20)9-17-13-4-2-1-3-5-14(13)18/h6-8,13-14,17-18H,1-5,9H2,(H,19,20). The quantitative estimate of drug-likeness (QED) is 0.741. The number of aliphatic hydroxyl groups excluding tert-OH is 1. The number of benzene rings is 1. The van der Waals surface area contributed by atoms with Crippen LogP contribution >= 0.6 is 0 Å². The van der Waals surface area contributed by atoms with E-state index in [1.807, 2.05) is 0 Å². The van der Waals surface area contributed by atoms with E-state index in [9.17, 15) is 14.3 Å². The zero-order valence-electron chi connectivity index (χ0n) is 11.3. The molecule has 110 valence electrons. The Morgan fingerprint density at radius 3 is 2.75 bits per heavy atom. The van der Waals surface area contributed by atoms with Gasteiger partial charge >= 0.3 is 5.97 Å². The third-order valence-electron chi connectivity index (χ3n) is 3.81. The molecule has 0 spiro atoms. The van der Waals surface area contributed by atoms with Crippen molar-refractivity contribution in [3.63, 3.8) is 0 Å². The Labute approximate surface area is 117 Å². The first-order valence-electron chi connectivity index (χ1n) is 7.01. The SMILES string of the molecule is O=C(O)c1ccc(CNC2CCCCCC2O)cc1F. The second-order valence-corrected chi connectivity index (χ2v) is 5.31. The molecule has 1 aromatic rings. The van der Waals surface area contributed by atoms with Gasteiger partial charge in [0.05, 0.1) is 11.7 Å². The van der Waals surface area contributed by atoms with Gasteiger partial charge in [-0.25, -0.2) is 9.18 Å². The maximum atomic E-state index is 13.6. The molecule has 1 aromatic carbocycles. The van der Waals surface area contributed by atoms with Crippen LogP contribution in [-0.2, 0) is 6.54 Å². The summed E-state index contributed by atoms with van der Waals surface area (Å²) in [4.78, 5) is 10.7. The summed E-state index contributed by atoms with van der Waals surface area (Å²) in [5, 5.41) is 22.0. The predicted octanol–water partition coefficient (Wildman–Crippen LogP) is 2.31. The van der Waals surface area contributed by atoms with Gasteiger partial charge in [0.25, 0.3) is 0 Å². The molecule has 0 aromatic heterocycles. The number of carboxylic acids is 1. The van der Waals surface area contributed by atoms with Crippen molar-refractivity contribution in [3.8, 4) is 0 Å². The molecule has 0 heterocycles. The van der Waals surface area contributed by atoms with Crippen molar-refractivity contribution in [1.82, 2.24) is 5.32 Å². The van der Waals surface area contributed by atoms with Gasteiger partial charge in [-0.3, -0.25) is 0 Å². The number of nitrogens with one attached hydrogen (secondary N) is 1. The molecule has 3 N–H and O–H groups in total. The molecular formula is C15H20FNO3. The smallest absolute Gasteiger partial charge is 0.338 e. The lowest BCUT2D eigenvalue weighted by atomic mass is 10.1. The molecule has 1 aliphatic rings. The van der Waals surface area contributed by atoms with Gasteiger partial charge in [0.15, 0.2) is 0 Å². The van der Waals surface area contributed by atoms with Crippen molar-refractivity contribution < 1.29 is 19.4 Å². The first kappa shape index (κ1) is 14.9. The summed E-state index contributed by atoms with van der Waals surface area (Å²) in [6.07, 6.45) is 4.61. The van der Waals surface area contributed by atoms with Gasteiger partial charge in [-0.2, -0.15) is 0 Å². The summed E-state index contributed by atoms with van der Waals surface area (Å²) in [7, 11) is 0. The Morgan fingerprint density at radius 1 is 1.30 bits per heavy atom. The molecule has 0 bridgehead atoms. The highest BCUT2D eigenvalue weighted by molar-refractivity contribution is 5.87. The second kappa shape index (κ2) is 6.81. The van der Waals surface area contributed by atoms with Crippen LogP contribution in [0.1, 0.15) is 48.0 Å². The van der Waals surface area contributed by atoms with Crippen LogP contribution in [0.15, 0.2) is 18.2 Å². The fourth-order valence-electron chi connectivity index (χ4n) is 2.62. The first-order chi connectivity index (χ1) is 9.58. The van der Waals surface area contributed by atoms with E-state index in [1.165, 1.54) is 12.1 Å². The molecule has 0 aliphatic heterocycles. The molecule has 1 saturated carbocycles. The molecule has 2 rings (SSSR count). The van der Waals surface area contributed by atoms with Gasteiger partial charge < -0.3 is 15.5 Å². The Hall–Kier alpha value is -1.46. The minimum absolute atomic E-state index is 0.0275. The second-order valence-electron chi connectivity index (χ2n) is 5.31. The number of carbonyl (C=O) groups is 1. The molecule has 2 atom stereocenters. The lowest BCUT2D eigenvalue weighted by molar-refractivity contribution is 0.0692. The van der Waals surface area contributed by atoms with Crippen molar-refractivity contribution in [2.24, 2.45) is 0 Å². The van der Waals surface area contributed by atoms with Crippen molar-refractivity contribution in [1.29, 1.82) is 0 Å². The molecule has 1 fully saturated rings. The Bertz CT molecular complexity index is 478. The van der Waals surface area contributed by atoms with Crippen LogP contribution in [0, 0.1) is 5.82 Å². The van der Waals surface area contributed by atoms with Crippen molar-refractivity contribution in [2.75, 3.05) is 0 Å². The minimum atomic E-state index is -1.26. The summed E-state index contributed by atoms with van der Waals surface area (Å²) in [6, 6.07) is 4.14. The van der Waals surface area contributed by atoms with E-state index in [0.29, 0.717) is 12.1 Å². The largest absolute Gasteiger partial charge is 0.478 e. The summed E-state index contributed by atoms with van der Waals surface area (Å²) in [6.45, 7) is 0.429. The number of aliphatic hydroxyl groups is 1. The highest BCUT2D eigenvalue weighted by Gasteiger charge is 2.21. The molecule has 0 saturated heterocycles. The van der Waals surface area contributed by atoms with Gasteiger partial charge in [-0.05, 0) is 30.5 Å². The van der Waals surface area contributed by atoms with Gasteiger partial charge in [0.2, 0.25) is 0 Å². The zero-order chi connectivity index (χ0) is 14.5. The van der Waals surface area contributed by atoms with Crippen molar-refractivity contribution in [2.45, 2.75) is 50.8 Å². The van der Waals surface area contributed by atoms with Gasteiger partial charge in [0, 0.05) is 12.6 Å². The van der Waals surface area contributed by atoms with Crippen LogP contribution in [0.2, 0.25) is 0 Å². The van der Waals surface area contributed by atoms with Crippen LogP contribution in [0.5, 0.6) is 0 Å². The van der Waals surface area contributed by atoms with E-state index in [1.54, 1.807) is 6.07 Å². The fraction of sp³-hybridized carbons (Fsp3) is 0.533. The third kappa shape index (κ3) is 3.77. The van der Waals surface area contributed by atoms with E-state index in [4.69, 9.17) is 5.11 Å². The number of carboxylic acid groups (broad SMARTS) is 1. The van der Waals surface area contributed by atoms with Gasteiger partial charge in [-0.15, -0.1) is 0 Å². The van der Waals surface area contributed by atoms with E-state index in [0.717, 1.165) is 32.1 Å². The number of hydrogen-bond donors (Lipinski definition) is 3. The minimum Gasteiger partial charge on any atom is -0.478 e. The highest BCUT2D eigenvalue weighted by atomic mass is 19.1. The third-order valence-corrected chi connectivity index (χ3v) is 3.81. The highest BCUT2D eigenvalue weighted by Crippen LogP contribution is 2.19. The topological polar surface area (TPSA) is 69.6 Å². The average molecular weight is 281 g/mol. The molecule has 2 unspecified atom stereocenters. The zero-order valence-corrected chi connectivity index (χ0v) is 11.3. The van der Waals surface area contributed by atoms with Crippen LogP contribution in [0.3, 0.4) is 0 Å². The van der Waals surface area contributed by atoms with E-state index in [2.05, 4.69) is 5.32 Å². The molecule has 0 amide bonds. The maximum Gasteiger partial charge on any atom is 0.338 e. The summed E-state index contributed by atoms with van der Waals surface area (Å²) < 4.78 is 13.6. The molecule has 4 nitrogen and oxygen atoms in total.